The van der Waals surface area contributed by atoms with Gasteiger partial charge in [-0.3, -0.25) is 4.79 Å². The first-order valence-electron chi connectivity index (χ1n) is 8.51. The fraction of sp³-hybridized carbons (Fsp3) is 0.100. The lowest BCUT2D eigenvalue weighted by atomic mass is 10.2. The monoisotopic (exact) mass is 410 g/mol. The average Bonchev–Trinajstić information content (AvgIpc) is 3.21. The van der Waals surface area contributed by atoms with Gasteiger partial charge in [0.15, 0.2) is 0 Å². The van der Waals surface area contributed by atoms with Crippen molar-refractivity contribution >= 4 is 39.9 Å². The highest BCUT2D eigenvalue weighted by Gasteiger charge is 2.13. The Balaban J connectivity index is 1.34. The van der Waals surface area contributed by atoms with E-state index in [1.807, 2.05) is 36.4 Å². The van der Waals surface area contributed by atoms with Gasteiger partial charge in [-0.1, -0.05) is 59.5 Å². The Hall–Kier alpha value is -2.84. The zero-order valence-corrected chi connectivity index (χ0v) is 16.3. The van der Waals surface area contributed by atoms with Crippen molar-refractivity contribution in [2.24, 2.45) is 0 Å². The second kappa shape index (κ2) is 8.45. The molecule has 28 heavy (non-hydrogen) atoms. The Kier molecular flexibility index (Phi) is 5.59. The average molecular weight is 410 g/mol. The van der Waals surface area contributed by atoms with Crippen LogP contribution < -0.4 is 5.32 Å². The van der Waals surface area contributed by atoms with E-state index in [1.54, 1.807) is 23.9 Å². The first-order valence-corrected chi connectivity index (χ1v) is 10.3. The SMILES string of the molecule is O=C(NCc1ccc(F)cc1)c1nnc(CSc2ccc3ccccc3n2)s1. The van der Waals surface area contributed by atoms with Crippen molar-refractivity contribution in [3.05, 3.63) is 82.1 Å². The molecule has 4 rings (SSSR count). The fourth-order valence-electron chi connectivity index (χ4n) is 2.53. The molecule has 2 aromatic carbocycles. The van der Waals surface area contributed by atoms with Gasteiger partial charge in [-0.15, -0.1) is 10.2 Å². The van der Waals surface area contributed by atoms with E-state index in [0.717, 1.165) is 26.5 Å². The minimum Gasteiger partial charge on any atom is -0.346 e. The number of nitrogens with zero attached hydrogens (tertiary/aromatic N) is 3. The summed E-state index contributed by atoms with van der Waals surface area (Å²) < 4.78 is 12.9. The summed E-state index contributed by atoms with van der Waals surface area (Å²) in [5, 5.41) is 13.9. The number of rotatable bonds is 6. The molecule has 4 aromatic rings. The van der Waals surface area contributed by atoms with Gasteiger partial charge in [-0.2, -0.15) is 0 Å². The third kappa shape index (κ3) is 4.52. The Labute approximate surface area is 169 Å². The van der Waals surface area contributed by atoms with Crippen molar-refractivity contribution in [2.45, 2.75) is 17.3 Å². The van der Waals surface area contributed by atoms with Gasteiger partial charge in [-0.25, -0.2) is 9.37 Å². The molecule has 0 bridgehead atoms. The normalized spacial score (nSPS) is 10.9. The first-order chi connectivity index (χ1) is 13.7. The van der Waals surface area contributed by atoms with Crippen LogP contribution in [0.1, 0.15) is 20.4 Å². The van der Waals surface area contributed by atoms with Crippen LogP contribution >= 0.6 is 23.1 Å². The van der Waals surface area contributed by atoms with Crippen LogP contribution in [0.15, 0.2) is 65.7 Å². The van der Waals surface area contributed by atoms with Gasteiger partial charge in [0.25, 0.3) is 5.91 Å². The van der Waals surface area contributed by atoms with Crippen LogP contribution in [0.2, 0.25) is 0 Å². The molecular weight excluding hydrogens is 395 g/mol. The third-order valence-corrected chi connectivity index (χ3v) is 5.99. The Morgan fingerprint density at radius 3 is 2.71 bits per heavy atom. The minimum absolute atomic E-state index is 0.290. The highest BCUT2D eigenvalue weighted by molar-refractivity contribution is 7.98. The van der Waals surface area contributed by atoms with E-state index in [4.69, 9.17) is 0 Å². The molecule has 0 saturated carbocycles. The highest BCUT2D eigenvalue weighted by Crippen LogP contribution is 2.25. The number of amides is 1. The maximum absolute atomic E-state index is 12.9. The van der Waals surface area contributed by atoms with Crippen molar-refractivity contribution in [1.82, 2.24) is 20.5 Å². The van der Waals surface area contributed by atoms with E-state index in [0.29, 0.717) is 17.3 Å². The van der Waals surface area contributed by atoms with Crippen LogP contribution in [0.25, 0.3) is 10.9 Å². The van der Waals surface area contributed by atoms with Gasteiger partial charge < -0.3 is 5.32 Å². The molecule has 1 N–H and O–H groups in total. The summed E-state index contributed by atoms with van der Waals surface area (Å²) in [6.45, 7) is 0.309. The largest absolute Gasteiger partial charge is 0.346 e. The fourth-order valence-corrected chi connectivity index (χ4v) is 4.15. The quantitative estimate of drug-likeness (QED) is 0.476. The number of fused-ring (bicyclic) bond motifs is 1. The molecule has 8 heteroatoms. The van der Waals surface area contributed by atoms with E-state index >= 15 is 0 Å². The van der Waals surface area contributed by atoms with Crippen LogP contribution in [0.3, 0.4) is 0 Å². The van der Waals surface area contributed by atoms with Crippen LogP contribution in [-0.2, 0) is 12.3 Å². The molecule has 0 aliphatic carbocycles. The Bertz CT molecular complexity index is 1110. The van der Waals surface area contributed by atoms with Crippen molar-refractivity contribution in [2.75, 3.05) is 0 Å². The smallest absolute Gasteiger partial charge is 0.282 e. The Morgan fingerprint density at radius 2 is 1.86 bits per heavy atom. The second-order valence-corrected chi connectivity index (χ2v) is 8.00. The van der Waals surface area contributed by atoms with Gasteiger partial charge in [0.2, 0.25) is 5.01 Å². The number of hydrogen-bond donors (Lipinski definition) is 1. The highest BCUT2D eigenvalue weighted by atomic mass is 32.2. The molecule has 0 fully saturated rings. The summed E-state index contributed by atoms with van der Waals surface area (Å²) in [6, 6.07) is 18.0. The van der Waals surface area contributed by atoms with E-state index in [9.17, 15) is 9.18 Å². The molecule has 0 saturated heterocycles. The molecule has 0 aliphatic rings. The number of para-hydroxylation sites is 1. The van der Waals surface area contributed by atoms with E-state index in [2.05, 4.69) is 20.5 Å². The predicted molar refractivity (Wildman–Crippen MR) is 109 cm³/mol. The number of carbonyl (C=O) groups is 1. The van der Waals surface area contributed by atoms with Crippen LogP contribution in [0, 0.1) is 5.82 Å². The summed E-state index contributed by atoms with van der Waals surface area (Å²) in [4.78, 5) is 16.8. The van der Waals surface area contributed by atoms with Crippen LogP contribution in [0.5, 0.6) is 0 Å². The van der Waals surface area contributed by atoms with Gasteiger partial charge in [0.05, 0.1) is 16.3 Å². The molecule has 1 amide bonds. The summed E-state index contributed by atoms with van der Waals surface area (Å²) in [6.07, 6.45) is 0. The van der Waals surface area contributed by atoms with Gasteiger partial charge in [-0.05, 0) is 29.8 Å². The molecular formula is C20H15FN4OS2. The predicted octanol–water partition coefficient (Wildman–Crippen LogP) is 4.45. The molecule has 0 aliphatic heterocycles. The number of thioether (sulfide) groups is 1. The maximum atomic E-state index is 12.9. The first kappa shape index (κ1) is 18.5. The van der Waals surface area contributed by atoms with E-state index in [1.165, 1.54) is 23.5 Å². The van der Waals surface area contributed by atoms with Crippen LogP contribution in [0.4, 0.5) is 4.39 Å². The zero-order chi connectivity index (χ0) is 19.3. The number of carbonyl (C=O) groups excluding carboxylic acids is 1. The van der Waals surface area contributed by atoms with Crippen molar-refractivity contribution in [3.63, 3.8) is 0 Å². The lowest BCUT2D eigenvalue weighted by Gasteiger charge is -2.02. The molecule has 0 spiro atoms. The second-order valence-electron chi connectivity index (χ2n) is 5.94. The molecule has 0 radical (unpaired) electrons. The number of pyridine rings is 1. The maximum Gasteiger partial charge on any atom is 0.282 e. The standard InChI is InChI=1S/C20H15FN4OS2/c21-15-8-5-13(6-9-15)11-22-19(26)20-25-24-18(28-20)12-27-17-10-7-14-3-1-2-4-16(14)23-17/h1-10H,11-12H2,(H,22,26). The van der Waals surface area contributed by atoms with Gasteiger partial charge in [0.1, 0.15) is 10.8 Å². The number of halogens is 1. The van der Waals surface area contributed by atoms with Crippen LogP contribution in [-0.4, -0.2) is 21.1 Å². The molecule has 2 aromatic heterocycles. The van der Waals surface area contributed by atoms with Crippen molar-refractivity contribution in [1.29, 1.82) is 0 Å². The van der Waals surface area contributed by atoms with E-state index in [-0.39, 0.29) is 11.7 Å². The summed E-state index contributed by atoms with van der Waals surface area (Å²) in [5.74, 6) is -0.00186. The molecule has 0 unspecified atom stereocenters. The number of aromatic nitrogens is 3. The van der Waals surface area contributed by atoms with Crippen molar-refractivity contribution in [3.8, 4) is 0 Å². The molecule has 5 nitrogen and oxygen atoms in total. The lowest BCUT2D eigenvalue weighted by Crippen LogP contribution is -2.22. The minimum atomic E-state index is -0.303. The zero-order valence-electron chi connectivity index (χ0n) is 14.6. The van der Waals surface area contributed by atoms with Gasteiger partial charge in [0, 0.05) is 11.9 Å². The molecule has 140 valence electrons. The summed E-state index contributed by atoms with van der Waals surface area (Å²) >= 11 is 2.81. The van der Waals surface area contributed by atoms with E-state index < -0.39 is 0 Å². The number of benzene rings is 2. The van der Waals surface area contributed by atoms with Gasteiger partial charge >= 0.3 is 0 Å². The third-order valence-electron chi connectivity index (χ3n) is 3.94. The number of hydrogen-bond acceptors (Lipinski definition) is 6. The van der Waals surface area contributed by atoms with Crippen molar-refractivity contribution < 1.29 is 9.18 Å². The topological polar surface area (TPSA) is 67.8 Å². The summed E-state index contributed by atoms with van der Waals surface area (Å²) in [5.41, 5.74) is 1.77. The summed E-state index contributed by atoms with van der Waals surface area (Å²) in [7, 11) is 0. The molecule has 0 atom stereocenters. The molecule has 2 heterocycles. The Morgan fingerprint density at radius 1 is 1.04 bits per heavy atom. The number of nitrogens with one attached hydrogen (secondary N) is 1. The lowest BCUT2D eigenvalue weighted by molar-refractivity contribution is 0.0950.